The second-order valence-corrected chi connectivity index (χ2v) is 22.6. The Morgan fingerprint density at radius 2 is 0.934 bits per heavy atom. The molecule has 4 aliphatic heterocycles. The average Bonchev–Trinajstić information content (AvgIpc) is 3.49. The number of ether oxygens (including phenoxy) is 2. The van der Waals surface area contributed by atoms with Crippen LogP contribution in [0.25, 0.3) is 22.5 Å². The molecule has 0 bridgehead atoms. The van der Waals surface area contributed by atoms with Crippen molar-refractivity contribution in [2.45, 2.75) is 78.3 Å². The Kier molecular flexibility index (Phi) is 15.8. The van der Waals surface area contributed by atoms with Gasteiger partial charge in [-0.3, -0.25) is 9.59 Å². The van der Waals surface area contributed by atoms with Crippen LogP contribution in [-0.2, 0) is 22.7 Å². The van der Waals surface area contributed by atoms with Crippen LogP contribution in [0, 0.1) is 0 Å². The van der Waals surface area contributed by atoms with Crippen molar-refractivity contribution in [2.24, 2.45) is 0 Å². The quantitative estimate of drug-likeness (QED) is 0.0673. The molecule has 2 unspecified atom stereocenters. The second-order valence-electron chi connectivity index (χ2n) is 18.4. The predicted molar refractivity (Wildman–Crippen MR) is 300 cm³/mol. The van der Waals surface area contributed by atoms with Crippen molar-refractivity contribution in [3.63, 3.8) is 0 Å². The largest absolute Gasteiger partial charge is 0.392 e. The first-order valence-electron chi connectivity index (χ1n) is 24.9. The number of hydrogen-bond donors (Lipinski definition) is 6. The van der Waals surface area contributed by atoms with Crippen molar-refractivity contribution in [1.82, 2.24) is 29.9 Å². The number of H-pyrrole nitrogens is 2. The zero-order chi connectivity index (χ0) is 52.1. The highest BCUT2D eigenvalue weighted by Crippen LogP contribution is 2.54. The first-order chi connectivity index (χ1) is 37.1. The molecular formula is C56H54N10O6S4. The lowest BCUT2D eigenvalue weighted by atomic mass is 10.1. The Balaban J connectivity index is 0.000000162. The first-order valence-corrected chi connectivity index (χ1v) is 28.2. The summed E-state index contributed by atoms with van der Waals surface area (Å²) in [6.07, 6.45) is 6.60. The molecule has 20 heteroatoms. The molecule has 0 aliphatic carbocycles. The Morgan fingerprint density at radius 1 is 0.526 bits per heavy atom. The molecule has 0 radical (unpaired) electrons. The smallest absolute Gasteiger partial charge is 0.250 e. The highest BCUT2D eigenvalue weighted by atomic mass is 32.2. The molecular weight excluding hydrogens is 1040 g/mol. The molecule has 8 aromatic rings. The van der Waals surface area contributed by atoms with Gasteiger partial charge in [0.05, 0.1) is 63.1 Å². The fourth-order valence-electron chi connectivity index (χ4n) is 9.13. The summed E-state index contributed by atoms with van der Waals surface area (Å²) in [5.41, 5.74) is 8.72. The number of fused-ring (bicyclic) bond motifs is 4. The number of pyridine rings is 2. The van der Waals surface area contributed by atoms with Crippen molar-refractivity contribution in [3.05, 3.63) is 165 Å². The molecule has 2 saturated heterocycles. The molecule has 4 aliphatic rings. The predicted octanol–water partition coefficient (Wildman–Crippen LogP) is 9.90. The summed E-state index contributed by atoms with van der Waals surface area (Å²) >= 11 is 6.92. The van der Waals surface area contributed by atoms with Gasteiger partial charge in [0, 0.05) is 147 Å². The molecule has 0 saturated carbocycles. The summed E-state index contributed by atoms with van der Waals surface area (Å²) in [5, 5.41) is 25.4. The monoisotopic (exact) mass is 1090 g/mol. The lowest BCUT2D eigenvalue weighted by molar-refractivity contribution is 0.122. The summed E-state index contributed by atoms with van der Waals surface area (Å²) in [6.45, 7) is 9.70. The number of nitrogens with zero attached hydrogens (tertiary/aromatic N) is 6. The van der Waals surface area contributed by atoms with E-state index in [1.165, 1.54) is 19.6 Å². The highest BCUT2D eigenvalue weighted by Gasteiger charge is 2.25. The number of hydrogen-bond acceptors (Lipinski definition) is 18. The van der Waals surface area contributed by atoms with Crippen LogP contribution in [0.5, 0.6) is 0 Å². The van der Waals surface area contributed by atoms with Gasteiger partial charge in [-0.1, -0.05) is 71.3 Å². The number of rotatable bonds is 12. The molecule has 8 heterocycles. The highest BCUT2D eigenvalue weighted by molar-refractivity contribution is 8.05. The van der Waals surface area contributed by atoms with Gasteiger partial charge in [0.1, 0.15) is 11.6 Å². The van der Waals surface area contributed by atoms with E-state index in [1.54, 1.807) is 84.0 Å². The van der Waals surface area contributed by atoms with Crippen molar-refractivity contribution < 1.29 is 19.7 Å². The first kappa shape index (κ1) is 51.5. The lowest BCUT2D eigenvalue weighted by Gasteiger charge is -2.29. The van der Waals surface area contributed by atoms with Gasteiger partial charge in [-0.05, 0) is 74.5 Å². The van der Waals surface area contributed by atoms with Gasteiger partial charge in [-0.2, -0.15) is 0 Å². The van der Waals surface area contributed by atoms with Crippen LogP contribution >= 0.6 is 47.0 Å². The van der Waals surface area contributed by atoms with E-state index in [1.807, 2.05) is 26.0 Å². The molecule has 4 aromatic carbocycles. The van der Waals surface area contributed by atoms with E-state index in [2.05, 4.69) is 123 Å². The minimum absolute atomic E-state index is 0.0691. The molecule has 388 valence electrons. The zero-order valence-electron chi connectivity index (χ0n) is 41.6. The minimum Gasteiger partial charge on any atom is -0.392 e. The lowest BCUT2D eigenvalue weighted by Crippen LogP contribution is -2.36. The van der Waals surface area contributed by atoms with Crippen LogP contribution in [0.2, 0.25) is 0 Å². The van der Waals surface area contributed by atoms with Gasteiger partial charge >= 0.3 is 0 Å². The molecule has 12 rings (SSSR count). The molecule has 0 spiro atoms. The van der Waals surface area contributed by atoms with E-state index >= 15 is 0 Å². The third-order valence-electron chi connectivity index (χ3n) is 13.1. The normalized spacial score (nSPS) is 15.5. The van der Waals surface area contributed by atoms with Crippen molar-refractivity contribution in [3.8, 4) is 22.5 Å². The van der Waals surface area contributed by atoms with Crippen LogP contribution in [0.15, 0.2) is 171 Å². The standard InChI is InChI=1S/2C28H27N5O3S2/c2*1-17(28-29-14-18(16-34)15-30-28)31-19-5-6-23-25(11-19)37-24-4-2-3-21(27(24)38-23)22-12-20(13-26(35)32-22)33-7-9-36-10-8-33/h2*2-6,11-15,17,31,34H,7-10,16H2,1H3,(H,32,35). The third-order valence-corrected chi connectivity index (χ3v) is 18.2. The number of benzene rings is 4. The fourth-order valence-corrected chi connectivity index (χ4v) is 14.0. The summed E-state index contributed by atoms with van der Waals surface area (Å²) in [6, 6.07) is 32.5. The van der Waals surface area contributed by atoms with E-state index < -0.39 is 0 Å². The van der Waals surface area contributed by atoms with E-state index in [0.717, 1.165) is 91.0 Å². The van der Waals surface area contributed by atoms with Gasteiger partial charge in [0.25, 0.3) is 0 Å². The number of aliphatic hydroxyl groups is 2. The van der Waals surface area contributed by atoms with Gasteiger partial charge < -0.3 is 50.1 Å². The molecule has 4 aromatic heterocycles. The molecule has 76 heavy (non-hydrogen) atoms. The summed E-state index contributed by atoms with van der Waals surface area (Å²) in [4.78, 5) is 62.5. The molecule has 0 amide bonds. The fraction of sp³-hybridized carbons (Fsp3) is 0.250. The van der Waals surface area contributed by atoms with E-state index in [9.17, 15) is 19.8 Å². The van der Waals surface area contributed by atoms with Crippen molar-refractivity contribution >= 4 is 69.8 Å². The van der Waals surface area contributed by atoms with Gasteiger partial charge in [0.2, 0.25) is 11.1 Å². The van der Waals surface area contributed by atoms with Crippen LogP contribution in [0.3, 0.4) is 0 Å². The maximum Gasteiger partial charge on any atom is 0.250 e. The molecule has 2 atom stereocenters. The van der Waals surface area contributed by atoms with E-state index in [-0.39, 0.29) is 36.4 Å². The maximum absolute atomic E-state index is 12.6. The Labute approximate surface area is 455 Å². The number of nitrogens with one attached hydrogen (secondary N) is 4. The van der Waals surface area contributed by atoms with Crippen molar-refractivity contribution in [2.75, 3.05) is 73.0 Å². The molecule has 2 fully saturated rings. The zero-order valence-corrected chi connectivity index (χ0v) is 44.9. The Morgan fingerprint density at radius 3 is 1.33 bits per heavy atom. The molecule has 16 nitrogen and oxygen atoms in total. The van der Waals surface area contributed by atoms with E-state index in [4.69, 9.17) is 9.47 Å². The number of aromatic amines is 2. The number of anilines is 4. The van der Waals surface area contributed by atoms with Crippen molar-refractivity contribution in [1.29, 1.82) is 0 Å². The van der Waals surface area contributed by atoms with Gasteiger partial charge in [-0.25, -0.2) is 19.9 Å². The van der Waals surface area contributed by atoms with Crippen LogP contribution < -0.4 is 31.6 Å². The van der Waals surface area contributed by atoms with Gasteiger partial charge in [0.15, 0.2) is 0 Å². The van der Waals surface area contributed by atoms with Crippen LogP contribution in [-0.4, -0.2) is 92.7 Å². The summed E-state index contributed by atoms with van der Waals surface area (Å²) in [5.74, 6) is 1.34. The van der Waals surface area contributed by atoms with Crippen LogP contribution in [0.1, 0.15) is 48.7 Å². The molecule has 6 N–H and O–H groups in total. The number of aromatic nitrogens is 6. The minimum atomic E-state index is -0.102. The van der Waals surface area contributed by atoms with E-state index in [0.29, 0.717) is 49.2 Å². The maximum atomic E-state index is 12.6. The topological polar surface area (TPSA) is 207 Å². The number of morpholine rings is 2. The average molecular weight is 1090 g/mol. The summed E-state index contributed by atoms with van der Waals surface area (Å²) in [7, 11) is 0. The Bertz CT molecular complexity index is 3270. The summed E-state index contributed by atoms with van der Waals surface area (Å²) < 4.78 is 11.0. The van der Waals surface area contributed by atoms with Gasteiger partial charge in [-0.15, -0.1) is 0 Å². The second kappa shape index (κ2) is 23.3. The number of aliphatic hydroxyl groups excluding tert-OH is 2. The third kappa shape index (κ3) is 11.7. The van der Waals surface area contributed by atoms with Crippen LogP contribution in [0.4, 0.5) is 22.7 Å². The SMILES string of the molecule is CC(Nc1ccc2c(c1)Sc1cccc(-c3cc(N4CCOCC4)cc(=O)[nH]3)c1S2)c1ncc(CO)cn1.CC(Nc1ccc2c(c1)Sc1cccc(-c3cc(N4CCOCC4)cc(=O)[nH]3)c1S2)c1ncc(CO)cn1. The Hall–Kier alpha value is -6.62.